The molecular formula is C18H19NO2. The van der Waals surface area contributed by atoms with Crippen LogP contribution in [0.15, 0.2) is 36.4 Å². The Morgan fingerprint density at radius 3 is 2.10 bits per heavy atom. The first-order valence-corrected chi connectivity index (χ1v) is 6.89. The summed E-state index contributed by atoms with van der Waals surface area (Å²) in [4.78, 5) is 24.1. The van der Waals surface area contributed by atoms with Gasteiger partial charge in [0.05, 0.1) is 5.69 Å². The molecule has 1 N–H and O–H groups in total. The van der Waals surface area contributed by atoms with Crippen molar-refractivity contribution in [1.29, 1.82) is 0 Å². The summed E-state index contributed by atoms with van der Waals surface area (Å²) in [7, 11) is 0. The normalized spacial score (nSPS) is 10.3. The first-order valence-electron chi connectivity index (χ1n) is 6.89. The standard InChI is InChI=1S/C18H19NO2/c1-11-9-12(2)17(13(3)10-11)18(21)15-7-5-6-8-16(15)19-14(4)20/h5-10H,1-4H3,(H,19,20). The molecular weight excluding hydrogens is 262 g/mol. The van der Waals surface area contributed by atoms with E-state index in [1.54, 1.807) is 24.3 Å². The lowest BCUT2D eigenvalue weighted by Gasteiger charge is -2.13. The third kappa shape index (κ3) is 3.19. The van der Waals surface area contributed by atoms with Gasteiger partial charge in [-0.25, -0.2) is 0 Å². The van der Waals surface area contributed by atoms with E-state index < -0.39 is 0 Å². The van der Waals surface area contributed by atoms with Crippen molar-refractivity contribution in [2.45, 2.75) is 27.7 Å². The topological polar surface area (TPSA) is 46.2 Å². The Bertz CT molecular complexity index is 694. The summed E-state index contributed by atoms with van der Waals surface area (Å²) in [6.07, 6.45) is 0. The number of benzene rings is 2. The molecule has 108 valence electrons. The van der Waals surface area contributed by atoms with Gasteiger partial charge in [0.2, 0.25) is 5.91 Å². The Morgan fingerprint density at radius 2 is 1.52 bits per heavy atom. The molecule has 0 aromatic heterocycles. The van der Waals surface area contributed by atoms with Crippen LogP contribution in [0, 0.1) is 20.8 Å². The molecule has 2 rings (SSSR count). The number of rotatable bonds is 3. The zero-order valence-electron chi connectivity index (χ0n) is 12.8. The number of ketones is 1. The Balaban J connectivity index is 2.53. The summed E-state index contributed by atoms with van der Waals surface area (Å²) in [5.74, 6) is -0.248. The molecule has 2 aromatic rings. The van der Waals surface area contributed by atoms with Gasteiger partial charge in [-0.05, 0) is 44.0 Å². The largest absolute Gasteiger partial charge is 0.326 e. The monoisotopic (exact) mass is 281 g/mol. The predicted molar refractivity (Wildman–Crippen MR) is 84.8 cm³/mol. The fourth-order valence-corrected chi connectivity index (χ4v) is 2.65. The molecule has 0 aliphatic rings. The van der Waals surface area contributed by atoms with Crippen LogP contribution in [0.5, 0.6) is 0 Å². The number of para-hydroxylation sites is 1. The molecule has 0 heterocycles. The fourth-order valence-electron chi connectivity index (χ4n) is 2.65. The molecule has 0 radical (unpaired) electrons. The minimum atomic E-state index is -0.187. The third-order valence-corrected chi connectivity index (χ3v) is 3.39. The Morgan fingerprint density at radius 1 is 0.952 bits per heavy atom. The van der Waals surface area contributed by atoms with Gasteiger partial charge in [-0.2, -0.15) is 0 Å². The van der Waals surface area contributed by atoms with Crippen molar-refractivity contribution in [3.63, 3.8) is 0 Å². The third-order valence-electron chi connectivity index (χ3n) is 3.39. The number of hydrogen-bond donors (Lipinski definition) is 1. The van der Waals surface area contributed by atoms with E-state index in [0.29, 0.717) is 16.8 Å². The van der Waals surface area contributed by atoms with E-state index in [0.717, 1.165) is 16.7 Å². The smallest absolute Gasteiger partial charge is 0.221 e. The molecule has 0 saturated carbocycles. The number of amides is 1. The zero-order valence-corrected chi connectivity index (χ0v) is 12.8. The lowest BCUT2D eigenvalue weighted by atomic mass is 9.92. The molecule has 0 bridgehead atoms. The van der Waals surface area contributed by atoms with Crippen molar-refractivity contribution in [2.75, 3.05) is 5.32 Å². The predicted octanol–water partition coefficient (Wildman–Crippen LogP) is 3.80. The summed E-state index contributed by atoms with van der Waals surface area (Å²) in [5.41, 5.74) is 4.82. The highest BCUT2D eigenvalue weighted by atomic mass is 16.1. The minimum absolute atomic E-state index is 0.0608. The number of nitrogens with one attached hydrogen (secondary N) is 1. The van der Waals surface area contributed by atoms with Crippen LogP contribution in [0.4, 0.5) is 5.69 Å². The highest BCUT2D eigenvalue weighted by Gasteiger charge is 2.18. The average Bonchev–Trinajstić information content (AvgIpc) is 2.37. The molecule has 3 nitrogen and oxygen atoms in total. The van der Waals surface area contributed by atoms with Crippen molar-refractivity contribution in [3.05, 3.63) is 64.2 Å². The number of anilines is 1. The van der Waals surface area contributed by atoms with Gasteiger partial charge in [0.25, 0.3) is 0 Å². The summed E-state index contributed by atoms with van der Waals surface area (Å²) >= 11 is 0. The molecule has 0 atom stereocenters. The van der Waals surface area contributed by atoms with Crippen molar-refractivity contribution in [1.82, 2.24) is 0 Å². The highest BCUT2D eigenvalue weighted by molar-refractivity contribution is 6.15. The molecule has 3 heteroatoms. The summed E-state index contributed by atoms with van der Waals surface area (Å²) in [5, 5.41) is 2.71. The van der Waals surface area contributed by atoms with E-state index in [4.69, 9.17) is 0 Å². The van der Waals surface area contributed by atoms with Crippen LogP contribution in [0.3, 0.4) is 0 Å². The Labute approximate surface area is 125 Å². The Kier molecular flexibility index (Phi) is 4.22. The lowest BCUT2D eigenvalue weighted by molar-refractivity contribution is -0.114. The first-order chi connectivity index (χ1) is 9.90. The first kappa shape index (κ1) is 15.0. The molecule has 0 aliphatic carbocycles. The van der Waals surface area contributed by atoms with Crippen molar-refractivity contribution < 1.29 is 9.59 Å². The van der Waals surface area contributed by atoms with Crippen LogP contribution in [-0.2, 0) is 4.79 Å². The van der Waals surface area contributed by atoms with Gasteiger partial charge in [0, 0.05) is 18.1 Å². The summed E-state index contributed by atoms with van der Waals surface area (Å²) in [6, 6.07) is 11.1. The second kappa shape index (κ2) is 5.92. The van der Waals surface area contributed by atoms with Gasteiger partial charge in [0.15, 0.2) is 5.78 Å². The second-order valence-corrected chi connectivity index (χ2v) is 5.33. The molecule has 0 saturated heterocycles. The number of aryl methyl sites for hydroxylation is 3. The van der Waals surface area contributed by atoms with E-state index in [2.05, 4.69) is 5.32 Å². The minimum Gasteiger partial charge on any atom is -0.326 e. The lowest BCUT2D eigenvalue weighted by Crippen LogP contribution is -2.13. The van der Waals surface area contributed by atoms with Crippen LogP contribution < -0.4 is 5.32 Å². The van der Waals surface area contributed by atoms with Crippen LogP contribution in [-0.4, -0.2) is 11.7 Å². The van der Waals surface area contributed by atoms with Crippen LogP contribution in [0.1, 0.15) is 39.5 Å². The van der Waals surface area contributed by atoms with E-state index in [-0.39, 0.29) is 11.7 Å². The molecule has 0 aliphatic heterocycles. The van der Waals surface area contributed by atoms with Crippen molar-refractivity contribution in [2.24, 2.45) is 0 Å². The zero-order chi connectivity index (χ0) is 15.6. The van der Waals surface area contributed by atoms with Gasteiger partial charge < -0.3 is 5.32 Å². The van der Waals surface area contributed by atoms with Gasteiger partial charge in [0.1, 0.15) is 0 Å². The van der Waals surface area contributed by atoms with Gasteiger partial charge in [-0.1, -0.05) is 29.8 Å². The highest BCUT2D eigenvalue weighted by Crippen LogP contribution is 2.24. The maximum Gasteiger partial charge on any atom is 0.221 e. The number of hydrogen-bond acceptors (Lipinski definition) is 2. The quantitative estimate of drug-likeness (QED) is 0.870. The molecule has 21 heavy (non-hydrogen) atoms. The van der Waals surface area contributed by atoms with E-state index >= 15 is 0 Å². The van der Waals surface area contributed by atoms with Crippen LogP contribution >= 0.6 is 0 Å². The van der Waals surface area contributed by atoms with Crippen LogP contribution in [0.25, 0.3) is 0 Å². The maximum atomic E-state index is 12.9. The van der Waals surface area contributed by atoms with Crippen molar-refractivity contribution >= 4 is 17.4 Å². The Hall–Kier alpha value is -2.42. The van der Waals surface area contributed by atoms with E-state index in [9.17, 15) is 9.59 Å². The van der Waals surface area contributed by atoms with E-state index in [1.165, 1.54) is 6.92 Å². The van der Waals surface area contributed by atoms with Crippen molar-refractivity contribution in [3.8, 4) is 0 Å². The summed E-state index contributed by atoms with van der Waals surface area (Å²) < 4.78 is 0. The molecule has 1 amide bonds. The molecule has 2 aromatic carbocycles. The molecule has 0 unspecified atom stereocenters. The van der Waals surface area contributed by atoms with E-state index in [1.807, 2.05) is 32.9 Å². The second-order valence-electron chi connectivity index (χ2n) is 5.33. The fraction of sp³-hybridized carbons (Fsp3) is 0.222. The average molecular weight is 281 g/mol. The SMILES string of the molecule is CC(=O)Nc1ccccc1C(=O)c1c(C)cc(C)cc1C. The summed E-state index contributed by atoms with van der Waals surface area (Å²) in [6.45, 7) is 7.33. The maximum absolute atomic E-state index is 12.9. The van der Waals surface area contributed by atoms with Gasteiger partial charge in [-0.15, -0.1) is 0 Å². The molecule has 0 spiro atoms. The van der Waals surface area contributed by atoms with Crippen LogP contribution in [0.2, 0.25) is 0 Å². The number of carbonyl (C=O) groups excluding carboxylic acids is 2. The number of carbonyl (C=O) groups is 2. The van der Waals surface area contributed by atoms with Gasteiger partial charge >= 0.3 is 0 Å². The van der Waals surface area contributed by atoms with Gasteiger partial charge in [-0.3, -0.25) is 9.59 Å². The molecule has 0 fully saturated rings.